The number of benzene rings is 1. The van der Waals surface area contributed by atoms with E-state index in [2.05, 4.69) is 5.32 Å². The average molecular weight is 331 g/mol. The lowest BCUT2D eigenvalue weighted by Gasteiger charge is -2.24. The number of esters is 1. The van der Waals surface area contributed by atoms with Gasteiger partial charge in [0, 0.05) is 17.7 Å². The van der Waals surface area contributed by atoms with E-state index in [-0.39, 0.29) is 11.9 Å². The number of amides is 1. The van der Waals surface area contributed by atoms with Crippen molar-refractivity contribution in [1.82, 2.24) is 5.32 Å². The predicted octanol–water partition coefficient (Wildman–Crippen LogP) is 3.09. The van der Waals surface area contributed by atoms with Crippen molar-refractivity contribution < 1.29 is 19.1 Å². The maximum Gasteiger partial charge on any atom is 0.331 e. The first-order chi connectivity index (χ1) is 11.6. The zero-order chi connectivity index (χ0) is 17.4. The van der Waals surface area contributed by atoms with E-state index in [4.69, 9.17) is 9.47 Å². The van der Waals surface area contributed by atoms with Gasteiger partial charge in [-0.2, -0.15) is 0 Å². The van der Waals surface area contributed by atoms with Gasteiger partial charge < -0.3 is 14.8 Å². The maximum atomic E-state index is 12.1. The van der Waals surface area contributed by atoms with Crippen LogP contribution in [-0.2, 0) is 14.3 Å². The van der Waals surface area contributed by atoms with Crippen LogP contribution in [0, 0.1) is 0 Å². The SMILES string of the molecule is COc1ccccc1/C=C/C(=O)OC(C)C(=O)NC1CCCCC1. The second-order valence-electron chi connectivity index (χ2n) is 6.00. The zero-order valence-electron chi connectivity index (χ0n) is 14.3. The summed E-state index contributed by atoms with van der Waals surface area (Å²) in [5, 5.41) is 2.96. The van der Waals surface area contributed by atoms with Crippen molar-refractivity contribution in [2.24, 2.45) is 0 Å². The molecule has 0 heterocycles. The summed E-state index contributed by atoms with van der Waals surface area (Å²) >= 11 is 0. The van der Waals surface area contributed by atoms with E-state index in [1.807, 2.05) is 24.3 Å². The molecule has 0 radical (unpaired) electrons. The van der Waals surface area contributed by atoms with Crippen LogP contribution in [0.25, 0.3) is 6.08 Å². The van der Waals surface area contributed by atoms with Gasteiger partial charge in [0.2, 0.25) is 0 Å². The highest BCUT2D eigenvalue weighted by Gasteiger charge is 2.21. The first-order valence-corrected chi connectivity index (χ1v) is 8.42. The van der Waals surface area contributed by atoms with Gasteiger partial charge in [0.15, 0.2) is 6.10 Å². The van der Waals surface area contributed by atoms with Crippen molar-refractivity contribution in [3.05, 3.63) is 35.9 Å². The van der Waals surface area contributed by atoms with Gasteiger partial charge in [-0.15, -0.1) is 0 Å². The molecule has 24 heavy (non-hydrogen) atoms. The topological polar surface area (TPSA) is 64.6 Å². The minimum atomic E-state index is -0.804. The molecular weight excluding hydrogens is 306 g/mol. The molecule has 1 fully saturated rings. The third-order valence-electron chi connectivity index (χ3n) is 4.15. The molecular formula is C19H25NO4. The predicted molar refractivity (Wildman–Crippen MR) is 92.6 cm³/mol. The summed E-state index contributed by atoms with van der Waals surface area (Å²) in [4.78, 5) is 24.0. The van der Waals surface area contributed by atoms with Crippen molar-refractivity contribution in [1.29, 1.82) is 0 Å². The smallest absolute Gasteiger partial charge is 0.331 e. The number of hydrogen-bond donors (Lipinski definition) is 1. The molecule has 1 aliphatic carbocycles. The third kappa shape index (κ3) is 5.41. The van der Waals surface area contributed by atoms with Gasteiger partial charge in [0.1, 0.15) is 5.75 Å². The monoisotopic (exact) mass is 331 g/mol. The quantitative estimate of drug-likeness (QED) is 0.643. The third-order valence-corrected chi connectivity index (χ3v) is 4.15. The Morgan fingerprint density at radius 3 is 2.62 bits per heavy atom. The molecule has 1 saturated carbocycles. The van der Waals surface area contributed by atoms with Gasteiger partial charge in [-0.25, -0.2) is 4.79 Å². The van der Waals surface area contributed by atoms with Gasteiger partial charge in [-0.3, -0.25) is 4.79 Å². The molecule has 0 saturated heterocycles. The number of hydrogen-bond acceptors (Lipinski definition) is 4. The molecule has 1 aromatic rings. The largest absolute Gasteiger partial charge is 0.496 e. The number of methoxy groups -OCH3 is 1. The number of ether oxygens (including phenoxy) is 2. The average Bonchev–Trinajstić information content (AvgIpc) is 2.61. The lowest BCUT2D eigenvalue weighted by molar-refractivity contribution is -0.150. The van der Waals surface area contributed by atoms with E-state index in [0.29, 0.717) is 5.75 Å². The van der Waals surface area contributed by atoms with Crippen molar-refractivity contribution in [2.75, 3.05) is 7.11 Å². The lowest BCUT2D eigenvalue weighted by Crippen LogP contribution is -2.42. The van der Waals surface area contributed by atoms with Crippen LogP contribution in [0.4, 0.5) is 0 Å². The molecule has 1 N–H and O–H groups in total. The Bertz CT molecular complexity index is 591. The number of nitrogens with one attached hydrogen (secondary N) is 1. The standard InChI is InChI=1S/C19H25NO4/c1-14(19(22)20-16-9-4-3-5-10-16)24-18(21)13-12-15-8-6-7-11-17(15)23-2/h6-8,11-14,16H,3-5,9-10H2,1-2H3,(H,20,22)/b13-12+. The highest BCUT2D eigenvalue weighted by molar-refractivity contribution is 5.90. The molecule has 1 atom stereocenters. The van der Waals surface area contributed by atoms with Gasteiger partial charge in [-0.1, -0.05) is 37.5 Å². The molecule has 0 bridgehead atoms. The van der Waals surface area contributed by atoms with E-state index >= 15 is 0 Å². The van der Waals surface area contributed by atoms with Crippen LogP contribution in [0.2, 0.25) is 0 Å². The lowest BCUT2D eigenvalue weighted by atomic mass is 9.95. The van der Waals surface area contributed by atoms with Gasteiger partial charge in [0.05, 0.1) is 7.11 Å². The van der Waals surface area contributed by atoms with Crippen LogP contribution in [0.3, 0.4) is 0 Å². The van der Waals surface area contributed by atoms with Crippen molar-refractivity contribution >= 4 is 18.0 Å². The molecule has 0 aromatic heterocycles. The molecule has 1 aliphatic rings. The molecule has 0 aliphatic heterocycles. The Morgan fingerprint density at radius 2 is 1.92 bits per heavy atom. The fourth-order valence-corrected chi connectivity index (χ4v) is 2.79. The minimum absolute atomic E-state index is 0.205. The molecule has 130 valence electrons. The summed E-state index contributed by atoms with van der Waals surface area (Å²) in [6.45, 7) is 1.59. The Kier molecular flexibility index (Phi) is 6.85. The van der Waals surface area contributed by atoms with E-state index in [1.54, 1.807) is 20.1 Å². The molecule has 2 rings (SSSR count). The van der Waals surface area contributed by atoms with E-state index in [1.165, 1.54) is 12.5 Å². The first kappa shape index (κ1) is 18.0. The summed E-state index contributed by atoms with van der Waals surface area (Å²) in [6.07, 6.45) is 7.63. The number of para-hydroxylation sites is 1. The fraction of sp³-hybridized carbons (Fsp3) is 0.474. The van der Waals surface area contributed by atoms with Crippen molar-refractivity contribution in [3.63, 3.8) is 0 Å². The van der Waals surface area contributed by atoms with Gasteiger partial charge in [-0.05, 0) is 31.9 Å². The molecule has 1 amide bonds. The Morgan fingerprint density at radius 1 is 1.21 bits per heavy atom. The summed E-state index contributed by atoms with van der Waals surface area (Å²) in [7, 11) is 1.57. The minimum Gasteiger partial charge on any atom is -0.496 e. The summed E-state index contributed by atoms with van der Waals surface area (Å²) < 4.78 is 10.4. The number of rotatable bonds is 6. The zero-order valence-corrected chi connectivity index (χ0v) is 14.3. The van der Waals surface area contributed by atoms with Crippen LogP contribution >= 0.6 is 0 Å². The van der Waals surface area contributed by atoms with Crippen LogP contribution < -0.4 is 10.1 Å². The van der Waals surface area contributed by atoms with Crippen LogP contribution in [0.5, 0.6) is 5.75 Å². The fourth-order valence-electron chi connectivity index (χ4n) is 2.79. The highest BCUT2D eigenvalue weighted by Crippen LogP contribution is 2.19. The van der Waals surface area contributed by atoms with Gasteiger partial charge in [0.25, 0.3) is 5.91 Å². The second kappa shape index (κ2) is 9.11. The summed E-state index contributed by atoms with van der Waals surface area (Å²) in [5.74, 6) is -0.113. The Balaban J connectivity index is 1.84. The van der Waals surface area contributed by atoms with Crippen molar-refractivity contribution in [2.45, 2.75) is 51.2 Å². The normalized spacial score (nSPS) is 16.6. The Hall–Kier alpha value is -2.30. The van der Waals surface area contributed by atoms with Gasteiger partial charge >= 0.3 is 5.97 Å². The number of carbonyl (C=O) groups is 2. The van der Waals surface area contributed by atoms with E-state index < -0.39 is 12.1 Å². The Labute approximate surface area is 143 Å². The van der Waals surface area contributed by atoms with Crippen molar-refractivity contribution in [3.8, 4) is 5.75 Å². The first-order valence-electron chi connectivity index (χ1n) is 8.42. The second-order valence-corrected chi connectivity index (χ2v) is 6.00. The molecule has 1 unspecified atom stereocenters. The molecule has 5 heteroatoms. The molecule has 0 spiro atoms. The molecule has 5 nitrogen and oxygen atoms in total. The van der Waals surface area contributed by atoms with Crippen LogP contribution in [0.1, 0.15) is 44.6 Å². The summed E-state index contributed by atoms with van der Waals surface area (Å²) in [6, 6.07) is 7.56. The summed E-state index contributed by atoms with van der Waals surface area (Å²) in [5.41, 5.74) is 0.774. The maximum absolute atomic E-state index is 12.1. The van der Waals surface area contributed by atoms with E-state index in [0.717, 1.165) is 31.2 Å². The highest BCUT2D eigenvalue weighted by atomic mass is 16.5. The van der Waals surface area contributed by atoms with Crippen LogP contribution in [0.15, 0.2) is 30.3 Å². The number of carbonyl (C=O) groups excluding carboxylic acids is 2. The van der Waals surface area contributed by atoms with E-state index in [9.17, 15) is 9.59 Å². The molecule has 1 aromatic carbocycles. The van der Waals surface area contributed by atoms with Crippen LogP contribution in [-0.4, -0.2) is 31.1 Å².